The summed E-state index contributed by atoms with van der Waals surface area (Å²) in [5.41, 5.74) is 2.13. The molecule has 0 aliphatic carbocycles. The van der Waals surface area contributed by atoms with Crippen LogP contribution in [0.25, 0.3) is 33.3 Å². The second-order valence-corrected chi connectivity index (χ2v) is 9.22. The summed E-state index contributed by atoms with van der Waals surface area (Å²) >= 11 is 1.39. The van der Waals surface area contributed by atoms with Crippen molar-refractivity contribution in [3.05, 3.63) is 107 Å². The number of pyridine rings is 1. The number of thioether (sulfide) groups is 1. The lowest BCUT2D eigenvalue weighted by atomic mass is 10.2. The van der Waals surface area contributed by atoms with Crippen LogP contribution in [0.15, 0.2) is 88.7 Å². The van der Waals surface area contributed by atoms with Gasteiger partial charge in [0.2, 0.25) is 0 Å². The first-order valence-electron chi connectivity index (χ1n) is 11.6. The van der Waals surface area contributed by atoms with E-state index in [1.54, 1.807) is 35.9 Å². The van der Waals surface area contributed by atoms with Crippen molar-refractivity contribution in [3.8, 4) is 23.1 Å². The second-order valence-electron chi connectivity index (χ2n) is 8.42. The predicted molar refractivity (Wildman–Crippen MR) is 143 cm³/mol. The standard InChI is InChI=1S/C28H19F2N5O2S/c1-16-22-24(23-25(31-16)35(33-26(23)38-2)19-11-7-4-8-12-19)32-28(37-21-14-13-17(29)15-20(21)30)34(27(22)36)18-9-5-3-6-10-18/h3-15H,1-2H3. The summed E-state index contributed by atoms with van der Waals surface area (Å²) in [7, 11) is 0. The van der Waals surface area contributed by atoms with E-state index in [9.17, 15) is 13.6 Å². The molecule has 3 aromatic carbocycles. The zero-order valence-corrected chi connectivity index (χ0v) is 21.0. The number of nitrogens with zero attached hydrogens (tertiary/aromatic N) is 5. The van der Waals surface area contributed by atoms with Crippen molar-refractivity contribution in [3.63, 3.8) is 0 Å². The van der Waals surface area contributed by atoms with Crippen molar-refractivity contribution in [1.29, 1.82) is 0 Å². The molecule has 0 amide bonds. The molecular weight excluding hydrogens is 508 g/mol. The molecule has 0 saturated heterocycles. The smallest absolute Gasteiger partial charge is 0.310 e. The van der Waals surface area contributed by atoms with Crippen LogP contribution >= 0.6 is 11.8 Å². The Labute approximate surface area is 219 Å². The van der Waals surface area contributed by atoms with Gasteiger partial charge in [0.1, 0.15) is 10.8 Å². The number of rotatable bonds is 5. The molecular formula is C28H19F2N5O2S. The van der Waals surface area contributed by atoms with Gasteiger partial charge >= 0.3 is 6.01 Å². The first-order valence-corrected chi connectivity index (χ1v) is 12.8. The third-order valence-electron chi connectivity index (χ3n) is 6.06. The van der Waals surface area contributed by atoms with Gasteiger partial charge in [-0.3, -0.25) is 4.79 Å². The summed E-state index contributed by atoms with van der Waals surface area (Å²) in [6.07, 6.45) is 1.87. The number of para-hydroxylation sites is 2. The normalized spacial score (nSPS) is 11.4. The van der Waals surface area contributed by atoms with Crippen molar-refractivity contribution in [2.75, 3.05) is 6.26 Å². The van der Waals surface area contributed by atoms with Crippen molar-refractivity contribution in [1.82, 2.24) is 24.3 Å². The van der Waals surface area contributed by atoms with Gasteiger partial charge in [-0.1, -0.05) is 36.4 Å². The van der Waals surface area contributed by atoms with Gasteiger partial charge in [0.15, 0.2) is 17.2 Å². The fourth-order valence-electron chi connectivity index (χ4n) is 4.35. The molecule has 0 aliphatic heterocycles. The quantitative estimate of drug-likeness (QED) is 0.248. The van der Waals surface area contributed by atoms with Crippen LogP contribution in [0.3, 0.4) is 0 Å². The Hall–Kier alpha value is -4.57. The number of aryl methyl sites for hydroxylation is 1. The molecule has 0 atom stereocenters. The van der Waals surface area contributed by atoms with Gasteiger partial charge < -0.3 is 4.74 Å². The SMILES string of the molecule is CSc1nn(-c2ccccc2)c2nc(C)c3c(=O)n(-c4ccccc4)c(Oc4ccc(F)cc4F)nc3c12. The van der Waals surface area contributed by atoms with Crippen LogP contribution in [-0.4, -0.2) is 30.6 Å². The molecule has 38 heavy (non-hydrogen) atoms. The number of halogens is 2. The van der Waals surface area contributed by atoms with Crippen LogP contribution in [0.5, 0.6) is 11.8 Å². The summed E-state index contributed by atoms with van der Waals surface area (Å²) in [6.45, 7) is 1.74. The highest BCUT2D eigenvalue weighted by Crippen LogP contribution is 2.34. The van der Waals surface area contributed by atoms with Crippen molar-refractivity contribution in [2.45, 2.75) is 11.9 Å². The minimum Gasteiger partial charge on any atom is -0.422 e. The maximum Gasteiger partial charge on any atom is 0.310 e. The Morgan fingerprint density at radius 1 is 0.868 bits per heavy atom. The lowest BCUT2D eigenvalue weighted by molar-refractivity contribution is 0.397. The molecule has 0 unspecified atom stereocenters. The average molecular weight is 528 g/mol. The van der Waals surface area contributed by atoms with E-state index in [1.807, 2.05) is 42.7 Å². The van der Waals surface area contributed by atoms with Crippen molar-refractivity contribution >= 4 is 33.7 Å². The second kappa shape index (κ2) is 9.38. The molecule has 0 saturated carbocycles. The molecule has 0 spiro atoms. The zero-order chi connectivity index (χ0) is 26.4. The van der Waals surface area contributed by atoms with Crippen LogP contribution in [0.4, 0.5) is 8.78 Å². The van der Waals surface area contributed by atoms with E-state index in [1.165, 1.54) is 16.3 Å². The third kappa shape index (κ3) is 3.90. The number of hydrogen-bond donors (Lipinski definition) is 0. The fourth-order valence-corrected chi connectivity index (χ4v) is 4.90. The molecule has 0 aliphatic rings. The van der Waals surface area contributed by atoms with Crippen molar-refractivity contribution in [2.24, 2.45) is 0 Å². The lowest BCUT2D eigenvalue weighted by Gasteiger charge is -2.15. The summed E-state index contributed by atoms with van der Waals surface area (Å²) in [5, 5.41) is 6.22. The van der Waals surface area contributed by atoms with E-state index in [-0.39, 0.29) is 17.1 Å². The molecule has 3 heterocycles. The summed E-state index contributed by atoms with van der Waals surface area (Å²) in [4.78, 5) is 23.6. The highest BCUT2D eigenvalue weighted by atomic mass is 32.2. The molecule has 0 radical (unpaired) electrons. The zero-order valence-electron chi connectivity index (χ0n) is 20.2. The average Bonchev–Trinajstić information content (AvgIpc) is 3.30. The number of hydrogen-bond acceptors (Lipinski definition) is 6. The van der Waals surface area contributed by atoms with Gasteiger partial charge in [0, 0.05) is 6.07 Å². The maximum absolute atomic E-state index is 14.6. The van der Waals surface area contributed by atoms with E-state index in [2.05, 4.69) is 0 Å². The summed E-state index contributed by atoms with van der Waals surface area (Å²) < 4.78 is 37.0. The first kappa shape index (κ1) is 23.8. The predicted octanol–water partition coefficient (Wildman–Crippen LogP) is 6.22. The van der Waals surface area contributed by atoms with E-state index < -0.39 is 17.2 Å². The molecule has 6 aromatic rings. The topological polar surface area (TPSA) is 74.8 Å². The maximum atomic E-state index is 14.6. The van der Waals surface area contributed by atoms with Gasteiger partial charge in [-0.2, -0.15) is 10.1 Å². The minimum absolute atomic E-state index is 0.175. The molecule has 0 N–H and O–H groups in total. The Morgan fingerprint density at radius 3 is 2.21 bits per heavy atom. The highest BCUT2D eigenvalue weighted by Gasteiger charge is 2.24. The Kier molecular flexibility index (Phi) is 5.88. The van der Waals surface area contributed by atoms with Gasteiger partial charge in [0.05, 0.1) is 33.4 Å². The number of aromatic nitrogens is 5. The van der Waals surface area contributed by atoms with E-state index in [0.717, 1.165) is 17.8 Å². The first-order chi connectivity index (χ1) is 18.5. The third-order valence-corrected chi connectivity index (χ3v) is 6.73. The van der Waals surface area contributed by atoms with Crippen LogP contribution in [0.2, 0.25) is 0 Å². The number of benzene rings is 3. The van der Waals surface area contributed by atoms with Gasteiger partial charge in [-0.15, -0.1) is 11.8 Å². The summed E-state index contributed by atoms with van der Waals surface area (Å²) in [6, 6.07) is 21.0. The largest absolute Gasteiger partial charge is 0.422 e. The molecule has 3 aromatic heterocycles. The van der Waals surface area contributed by atoms with E-state index >= 15 is 0 Å². The highest BCUT2D eigenvalue weighted by molar-refractivity contribution is 7.98. The molecule has 7 nitrogen and oxygen atoms in total. The number of ether oxygens (including phenoxy) is 1. The van der Waals surface area contributed by atoms with Gasteiger partial charge in [0.25, 0.3) is 5.56 Å². The van der Waals surface area contributed by atoms with Crippen LogP contribution in [0.1, 0.15) is 5.69 Å². The van der Waals surface area contributed by atoms with Crippen LogP contribution in [0, 0.1) is 18.6 Å². The van der Waals surface area contributed by atoms with Crippen LogP contribution < -0.4 is 10.3 Å². The Bertz CT molecular complexity index is 1890. The lowest BCUT2D eigenvalue weighted by Crippen LogP contribution is -2.22. The van der Waals surface area contributed by atoms with Crippen molar-refractivity contribution < 1.29 is 13.5 Å². The molecule has 0 bridgehead atoms. The van der Waals surface area contributed by atoms with Crippen LogP contribution in [-0.2, 0) is 0 Å². The fraction of sp³-hybridized carbons (Fsp3) is 0.0714. The van der Waals surface area contributed by atoms with E-state index in [0.29, 0.717) is 39.0 Å². The summed E-state index contributed by atoms with van der Waals surface area (Å²) in [5.74, 6) is -1.94. The Balaban J connectivity index is 1.71. The molecule has 6 rings (SSSR count). The minimum atomic E-state index is -0.920. The molecule has 0 fully saturated rings. The number of fused-ring (bicyclic) bond motifs is 3. The Morgan fingerprint density at radius 2 is 1.55 bits per heavy atom. The van der Waals surface area contributed by atoms with Gasteiger partial charge in [-0.25, -0.2) is 23.0 Å². The monoisotopic (exact) mass is 527 g/mol. The molecule has 10 heteroatoms. The van der Waals surface area contributed by atoms with E-state index in [4.69, 9.17) is 19.8 Å². The van der Waals surface area contributed by atoms with Gasteiger partial charge in [-0.05, 0) is 49.6 Å². The molecule has 188 valence electrons.